The number of piperazine rings is 1. The second-order valence-corrected chi connectivity index (χ2v) is 9.45. The fourth-order valence-corrected chi connectivity index (χ4v) is 3.60. The van der Waals surface area contributed by atoms with Crippen LogP contribution in [0.1, 0.15) is 41.3 Å². The summed E-state index contributed by atoms with van der Waals surface area (Å²) in [6, 6.07) is 19.9. The number of rotatable bonds is 7. The standard InChI is InChI=1S/C19H22N2O3.C7H8.C5H12N2/c1-13-6-8-16(5-4-10-22)18(11-13)24-19-17(12-20-15(3)23)9-7-14(2)21-19;1-7-5-3-2-4-6-7;1-7-4-2-6-3-5-7/h6-11H,4-5,12H2,1-3H3,(H,20,23);2-6H,1H3;6H,2-5H2,1H3. The molecule has 1 fully saturated rings. The molecular formula is C31H42N4O3. The Morgan fingerprint density at radius 2 is 1.68 bits per heavy atom. The Morgan fingerprint density at radius 1 is 1.00 bits per heavy atom. The molecule has 0 bridgehead atoms. The predicted molar refractivity (Wildman–Crippen MR) is 154 cm³/mol. The number of aryl methyl sites for hydroxylation is 4. The van der Waals surface area contributed by atoms with E-state index in [9.17, 15) is 9.59 Å². The summed E-state index contributed by atoms with van der Waals surface area (Å²) < 4.78 is 6.05. The number of carbonyl (C=O) groups excluding carboxylic acids is 2. The molecule has 4 rings (SSSR count). The summed E-state index contributed by atoms with van der Waals surface area (Å²) >= 11 is 0. The van der Waals surface area contributed by atoms with Crippen molar-refractivity contribution in [3.05, 3.63) is 88.6 Å². The number of nitrogens with zero attached hydrogens (tertiary/aromatic N) is 2. The number of pyridine rings is 1. The average molecular weight is 519 g/mol. The van der Waals surface area contributed by atoms with E-state index < -0.39 is 0 Å². The molecule has 7 nitrogen and oxygen atoms in total. The Balaban J connectivity index is 0.000000291. The molecule has 1 aliphatic rings. The highest BCUT2D eigenvalue weighted by molar-refractivity contribution is 5.72. The van der Waals surface area contributed by atoms with Gasteiger partial charge in [-0.05, 0) is 57.5 Å². The summed E-state index contributed by atoms with van der Waals surface area (Å²) in [7, 11) is 2.15. The van der Waals surface area contributed by atoms with E-state index in [1.807, 2.05) is 62.4 Å². The number of ether oxygens (including phenoxy) is 1. The lowest BCUT2D eigenvalue weighted by Gasteiger charge is -2.21. The van der Waals surface area contributed by atoms with Gasteiger partial charge in [-0.25, -0.2) is 4.98 Å². The molecule has 0 saturated carbocycles. The molecule has 1 amide bonds. The third-order valence-corrected chi connectivity index (χ3v) is 5.85. The van der Waals surface area contributed by atoms with Gasteiger partial charge in [0.25, 0.3) is 0 Å². The zero-order valence-electron chi connectivity index (χ0n) is 23.4. The molecule has 0 radical (unpaired) electrons. The Kier molecular flexibility index (Phi) is 13.8. The van der Waals surface area contributed by atoms with Gasteiger partial charge in [0, 0.05) is 57.3 Å². The zero-order valence-corrected chi connectivity index (χ0v) is 23.4. The van der Waals surface area contributed by atoms with Gasteiger partial charge in [-0.1, -0.05) is 54.1 Å². The van der Waals surface area contributed by atoms with E-state index in [2.05, 4.69) is 46.6 Å². The second kappa shape index (κ2) is 17.1. The van der Waals surface area contributed by atoms with Crippen LogP contribution in [0.4, 0.5) is 0 Å². The number of likely N-dealkylation sites (N-methyl/N-ethyl adjacent to an activating group) is 1. The number of hydrogen-bond acceptors (Lipinski definition) is 6. The van der Waals surface area contributed by atoms with Gasteiger partial charge in [0.05, 0.1) is 0 Å². The van der Waals surface area contributed by atoms with E-state index in [1.54, 1.807) is 0 Å². The predicted octanol–water partition coefficient (Wildman–Crippen LogP) is 4.77. The van der Waals surface area contributed by atoms with Crippen LogP contribution < -0.4 is 15.4 Å². The van der Waals surface area contributed by atoms with Crippen LogP contribution in [0.15, 0.2) is 60.7 Å². The minimum Gasteiger partial charge on any atom is -0.438 e. The van der Waals surface area contributed by atoms with Crippen LogP contribution in [0, 0.1) is 20.8 Å². The normalized spacial score (nSPS) is 12.8. The van der Waals surface area contributed by atoms with Crippen molar-refractivity contribution < 1.29 is 14.3 Å². The lowest BCUT2D eigenvalue weighted by atomic mass is 10.1. The van der Waals surface area contributed by atoms with Crippen LogP contribution in [0.25, 0.3) is 0 Å². The number of carbonyl (C=O) groups is 2. The van der Waals surface area contributed by atoms with E-state index >= 15 is 0 Å². The third-order valence-electron chi connectivity index (χ3n) is 5.85. The maximum atomic E-state index is 11.2. The van der Waals surface area contributed by atoms with E-state index in [-0.39, 0.29) is 5.91 Å². The molecule has 1 saturated heterocycles. The molecule has 204 valence electrons. The molecule has 2 aromatic carbocycles. The molecular weight excluding hydrogens is 476 g/mol. The molecule has 1 aliphatic heterocycles. The Morgan fingerprint density at radius 3 is 2.24 bits per heavy atom. The highest BCUT2D eigenvalue weighted by Gasteiger charge is 2.11. The van der Waals surface area contributed by atoms with Crippen LogP contribution in [-0.2, 0) is 22.6 Å². The fraction of sp³-hybridized carbons (Fsp3) is 0.387. The van der Waals surface area contributed by atoms with Crippen LogP contribution >= 0.6 is 0 Å². The topological polar surface area (TPSA) is 83.6 Å². The summed E-state index contributed by atoms with van der Waals surface area (Å²) in [5.41, 5.74) is 4.98. The number of amides is 1. The highest BCUT2D eigenvalue weighted by atomic mass is 16.5. The molecule has 7 heteroatoms. The molecule has 0 spiro atoms. The zero-order chi connectivity index (χ0) is 27.8. The SMILES string of the molecule is CC(=O)NCc1ccc(C)nc1Oc1cc(C)ccc1CCC=O.CN1CCNCC1.Cc1ccccc1. The van der Waals surface area contributed by atoms with Crippen molar-refractivity contribution in [3.8, 4) is 11.6 Å². The number of aldehydes is 1. The quantitative estimate of drug-likeness (QED) is 0.438. The van der Waals surface area contributed by atoms with Gasteiger partial charge < -0.3 is 25.1 Å². The van der Waals surface area contributed by atoms with Gasteiger partial charge in [-0.3, -0.25) is 4.79 Å². The van der Waals surface area contributed by atoms with Crippen molar-refractivity contribution in [3.63, 3.8) is 0 Å². The molecule has 1 aromatic heterocycles. The largest absolute Gasteiger partial charge is 0.438 e. The summed E-state index contributed by atoms with van der Waals surface area (Å²) in [4.78, 5) is 28.6. The van der Waals surface area contributed by atoms with Gasteiger partial charge in [0.15, 0.2) is 0 Å². The minimum absolute atomic E-state index is 0.108. The van der Waals surface area contributed by atoms with E-state index in [4.69, 9.17) is 4.74 Å². The number of aromatic nitrogens is 1. The first-order chi connectivity index (χ1) is 18.3. The van der Waals surface area contributed by atoms with Gasteiger partial charge in [-0.2, -0.15) is 0 Å². The maximum absolute atomic E-state index is 11.2. The third kappa shape index (κ3) is 12.1. The Hall–Kier alpha value is -3.55. The van der Waals surface area contributed by atoms with E-state index in [0.717, 1.165) is 41.8 Å². The number of nitrogens with one attached hydrogen (secondary N) is 2. The van der Waals surface area contributed by atoms with Crippen LogP contribution in [0.3, 0.4) is 0 Å². The van der Waals surface area contributed by atoms with Crippen molar-refractivity contribution in [1.29, 1.82) is 0 Å². The summed E-state index contributed by atoms with van der Waals surface area (Å²) in [5.74, 6) is 1.06. The van der Waals surface area contributed by atoms with E-state index in [0.29, 0.717) is 31.0 Å². The molecule has 0 atom stereocenters. The Bertz CT molecular complexity index is 1130. The van der Waals surface area contributed by atoms with Crippen LogP contribution in [0.5, 0.6) is 11.6 Å². The summed E-state index contributed by atoms with van der Waals surface area (Å²) in [6.45, 7) is 12.5. The van der Waals surface area contributed by atoms with Crippen molar-refractivity contribution in [2.75, 3.05) is 33.2 Å². The van der Waals surface area contributed by atoms with E-state index in [1.165, 1.54) is 25.6 Å². The highest BCUT2D eigenvalue weighted by Crippen LogP contribution is 2.29. The molecule has 3 aromatic rings. The fourth-order valence-electron chi connectivity index (χ4n) is 3.60. The van der Waals surface area contributed by atoms with Gasteiger partial charge in [0.1, 0.15) is 12.0 Å². The average Bonchev–Trinajstić information content (AvgIpc) is 2.89. The van der Waals surface area contributed by atoms with Crippen molar-refractivity contribution in [1.82, 2.24) is 20.5 Å². The molecule has 0 aliphatic carbocycles. The first-order valence-electron chi connectivity index (χ1n) is 13.1. The van der Waals surface area contributed by atoms with Gasteiger partial charge >= 0.3 is 0 Å². The van der Waals surface area contributed by atoms with Crippen LogP contribution in [-0.4, -0.2) is 55.3 Å². The first-order valence-corrected chi connectivity index (χ1v) is 13.1. The number of hydrogen-bond donors (Lipinski definition) is 2. The number of benzene rings is 2. The van der Waals surface area contributed by atoms with Crippen molar-refractivity contribution in [2.24, 2.45) is 0 Å². The van der Waals surface area contributed by atoms with Crippen molar-refractivity contribution >= 4 is 12.2 Å². The molecule has 0 unspecified atom stereocenters. The van der Waals surface area contributed by atoms with Gasteiger partial charge in [0.2, 0.25) is 11.8 Å². The molecule has 38 heavy (non-hydrogen) atoms. The van der Waals surface area contributed by atoms with Gasteiger partial charge in [-0.15, -0.1) is 0 Å². The summed E-state index contributed by atoms with van der Waals surface area (Å²) in [6.07, 6.45) is 1.96. The lowest BCUT2D eigenvalue weighted by Crippen LogP contribution is -2.40. The summed E-state index contributed by atoms with van der Waals surface area (Å²) in [5, 5.41) is 6.04. The lowest BCUT2D eigenvalue weighted by molar-refractivity contribution is -0.119. The Labute approximate surface area is 227 Å². The molecule has 2 N–H and O–H groups in total. The monoisotopic (exact) mass is 518 g/mol. The second-order valence-electron chi connectivity index (χ2n) is 9.45. The first kappa shape index (κ1) is 30.7. The van der Waals surface area contributed by atoms with Crippen molar-refractivity contribution in [2.45, 2.75) is 47.1 Å². The van der Waals surface area contributed by atoms with Crippen LogP contribution in [0.2, 0.25) is 0 Å². The maximum Gasteiger partial charge on any atom is 0.224 e. The minimum atomic E-state index is -0.108. The molecule has 2 heterocycles. The smallest absolute Gasteiger partial charge is 0.224 e.